The first-order valence-corrected chi connectivity index (χ1v) is 8.74. The van der Waals surface area contributed by atoms with Gasteiger partial charge in [0.05, 0.1) is 0 Å². The number of amides is 4. The molecule has 0 saturated carbocycles. The standard InChI is InChI=1S/C12H12N2O3.C8H12N2/c1-2-12(8-6-4-3-5-7-8)9(15)13-11(17)14-10(12)16;9-10-7-6-8-4-2-1-3-5-8/h3-7H,2H2,1H3,(H2,13,14,15,16,17);1-5,10H,6-7,9H2. The molecule has 0 aliphatic carbocycles. The number of carbonyl (C=O) groups is 3. The van der Waals surface area contributed by atoms with Crippen LogP contribution >= 0.6 is 0 Å². The van der Waals surface area contributed by atoms with E-state index in [0.29, 0.717) is 12.0 Å². The van der Waals surface area contributed by atoms with Crippen molar-refractivity contribution < 1.29 is 14.4 Å². The molecule has 0 radical (unpaired) electrons. The van der Waals surface area contributed by atoms with Gasteiger partial charge in [-0.15, -0.1) is 0 Å². The number of hydrazine groups is 1. The molecule has 1 saturated heterocycles. The van der Waals surface area contributed by atoms with Crippen LogP contribution in [0.5, 0.6) is 0 Å². The van der Waals surface area contributed by atoms with E-state index in [0.717, 1.165) is 13.0 Å². The molecule has 0 aromatic heterocycles. The summed E-state index contributed by atoms with van der Waals surface area (Å²) in [5.74, 6) is 3.99. The van der Waals surface area contributed by atoms with Gasteiger partial charge in [0.25, 0.3) is 0 Å². The number of barbiturate groups is 1. The Labute approximate surface area is 158 Å². The van der Waals surface area contributed by atoms with E-state index in [9.17, 15) is 14.4 Å². The van der Waals surface area contributed by atoms with E-state index in [1.165, 1.54) is 5.56 Å². The van der Waals surface area contributed by atoms with Crippen LogP contribution in [0.4, 0.5) is 4.79 Å². The zero-order valence-corrected chi connectivity index (χ0v) is 15.2. The fourth-order valence-electron chi connectivity index (χ4n) is 2.93. The normalized spacial score (nSPS) is 15.3. The van der Waals surface area contributed by atoms with Crippen LogP contribution in [0.1, 0.15) is 24.5 Å². The Balaban J connectivity index is 0.000000223. The molecule has 0 atom stereocenters. The van der Waals surface area contributed by atoms with Gasteiger partial charge in [0.15, 0.2) is 5.41 Å². The van der Waals surface area contributed by atoms with Crippen LogP contribution in [0.2, 0.25) is 0 Å². The second-order valence-corrected chi connectivity index (χ2v) is 6.05. The van der Waals surface area contributed by atoms with Crippen LogP contribution in [-0.4, -0.2) is 24.4 Å². The molecule has 7 heteroatoms. The Morgan fingerprint density at radius 3 is 1.89 bits per heavy atom. The third kappa shape index (κ3) is 4.78. The monoisotopic (exact) mass is 368 g/mol. The van der Waals surface area contributed by atoms with Crippen LogP contribution < -0.4 is 21.9 Å². The maximum absolute atomic E-state index is 12.0. The van der Waals surface area contributed by atoms with Crippen molar-refractivity contribution in [2.24, 2.45) is 5.84 Å². The molecule has 3 rings (SSSR count). The number of carbonyl (C=O) groups excluding carboxylic acids is 3. The molecule has 142 valence electrons. The predicted octanol–water partition coefficient (Wildman–Crippen LogP) is 1.39. The van der Waals surface area contributed by atoms with Gasteiger partial charge >= 0.3 is 6.03 Å². The maximum atomic E-state index is 12.0. The van der Waals surface area contributed by atoms with E-state index in [4.69, 9.17) is 5.84 Å². The first-order chi connectivity index (χ1) is 13.0. The summed E-state index contributed by atoms with van der Waals surface area (Å²) in [4.78, 5) is 35.0. The Kier molecular flexibility index (Phi) is 7.22. The first-order valence-electron chi connectivity index (χ1n) is 8.74. The highest BCUT2D eigenvalue weighted by Crippen LogP contribution is 2.30. The molecule has 0 unspecified atom stereocenters. The smallest absolute Gasteiger partial charge is 0.277 e. The lowest BCUT2D eigenvalue weighted by Crippen LogP contribution is -2.64. The number of hydrogen-bond donors (Lipinski definition) is 4. The summed E-state index contributed by atoms with van der Waals surface area (Å²) in [5, 5.41) is 4.28. The molecule has 1 heterocycles. The largest absolute Gasteiger partial charge is 0.328 e. The van der Waals surface area contributed by atoms with Crippen LogP contribution in [-0.2, 0) is 21.4 Å². The number of nitrogens with one attached hydrogen (secondary N) is 3. The SMILES string of the molecule is CCC1(c2ccccc2)C(=O)NC(=O)NC1=O.NNCCc1ccccc1. The predicted molar refractivity (Wildman–Crippen MR) is 102 cm³/mol. The van der Waals surface area contributed by atoms with E-state index < -0.39 is 23.3 Å². The summed E-state index contributed by atoms with van der Waals surface area (Å²) < 4.78 is 0. The van der Waals surface area contributed by atoms with Gasteiger partial charge in [-0.25, -0.2) is 4.79 Å². The summed E-state index contributed by atoms with van der Waals surface area (Å²) >= 11 is 0. The average Bonchev–Trinajstić information content (AvgIpc) is 2.69. The quantitative estimate of drug-likeness (QED) is 0.362. The highest BCUT2D eigenvalue weighted by molar-refractivity contribution is 6.22. The molecule has 7 nitrogen and oxygen atoms in total. The number of imide groups is 2. The first kappa shape index (κ1) is 20.3. The minimum Gasteiger partial charge on any atom is -0.277 e. The Morgan fingerprint density at radius 2 is 1.41 bits per heavy atom. The Morgan fingerprint density at radius 1 is 0.889 bits per heavy atom. The molecule has 0 spiro atoms. The van der Waals surface area contributed by atoms with Gasteiger partial charge in [-0.1, -0.05) is 67.6 Å². The zero-order valence-electron chi connectivity index (χ0n) is 15.2. The van der Waals surface area contributed by atoms with Crippen LogP contribution in [0, 0.1) is 0 Å². The van der Waals surface area contributed by atoms with E-state index in [-0.39, 0.29) is 0 Å². The van der Waals surface area contributed by atoms with Crippen molar-refractivity contribution in [3.8, 4) is 0 Å². The number of rotatable bonds is 5. The van der Waals surface area contributed by atoms with Gasteiger partial charge in [0.2, 0.25) is 11.8 Å². The van der Waals surface area contributed by atoms with Crippen LogP contribution in [0.15, 0.2) is 60.7 Å². The van der Waals surface area contributed by atoms with Crippen LogP contribution in [0.3, 0.4) is 0 Å². The molecule has 0 bridgehead atoms. The van der Waals surface area contributed by atoms with Crippen molar-refractivity contribution >= 4 is 17.8 Å². The van der Waals surface area contributed by atoms with E-state index in [1.54, 1.807) is 37.3 Å². The van der Waals surface area contributed by atoms with Gasteiger partial charge in [-0.05, 0) is 24.0 Å². The molecule has 5 N–H and O–H groups in total. The van der Waals surface area contributed by atoms with Crippen LogP contribution in [0.25, 0.3) is 0 Å². The number of nitrogens with two attached hydrogens (primary N) is 1. The van der Waals surface area contributed by atoms with E-state index in [2.05, 4.69) is 28.2 Å². The summed E-state index contributed by atoms with van der Waals surface area (Å²) in [6, 6.07) is 18.2. The highest BCUT2D eigenvalue weighted by atomic mass is 16.2. The third-order valence-corrected chi connectivity index (χ3v) is 4.43. The van der Waals surface area contributed by atoms with Gasteiger partial charge in [0.1, 0.15) is 0 Å². The molecule has 1 aliphatic heterocycles. The number of hydrogen-bond acceptors (Lipinski definition) is 5. The fraction of sp³-hybridized carbons (Fsp3) is 0.250. The van der Waals surface area contributed by atoms with Gasteiger partial charge < -0.3 is 0 Å². The summed E-state index contributed by atoms with van der Waals surface area (Å²) in [6.07, 6.45) is 1.29. The lowest BCUT2D eigenvalue weighted by Gasteiger charge is -2.33. The maximum Gasteiger partial charge on any atom is 0.328 e. The minimum atomic E-state index is -1.31. The van der Waals surface area contributed by atoms with Gasteiger partial charge in [-0.3, -0.25) is 31.5 Å². The van der Waals surface area contributed by atoms with E-state index in [1.807, 2.05) is 18.2 Å². The molecular weight excluding hydrogens is 344 g/mol. The lowest BCUT2D eigenvalue weighted by atomic mass is 9.75. The second kappa shape index (κ2) is 9.61. The zero-order chi connectivity index (χ0) is 19.7. The molecule has 1 fully saturated rings. The third-order valence-electron chi connectivity index (χ3n) is 4.43. The average molecular weight is 368 g/mol. The molecule has 27 heavy (non-hydrogen) atoms. The Bertz CT molecular complexity index is 758. The molecular formula is C20H24N4O3. The number of benzene rings is 2. The van der Waals surface area contributed by atoms with E-state index >= 15 is 0 Å². The number of urea groups is 1. The minimum absolute atomic E-state index is 0.294. The van der Waals surface area contributed by atoms with Crippen molar-refractivity contribution in [1.82, 2.24) is 16.1 Å². The fourth-order valence-corrected chi connectivity index (χ4v) is 2.93. The summed E-state index contributed by atoms with van der Waals surface area (Å²) in [7, 11) is 0. The highest BCUT2D eigenvalue weighted by Gasteiger charge is 2.50. The summed E-state index contributed by atoms with van der Waals surface area (Å²) in [5.41, 5.74) is 3.21. The molecule has 4 amide bonds. The van der Waals surface area contributed by atoms with Crippen molar-refractivity contribution in [3.05, 3.63) is 71.8 Å². The second-order valence-electron chi connectivity index (χ2n) is 6.05. The van der Waals surface area contributed by atoms with Gasteiger partial charge in [-0.2, -0.15) is 0 Å². The summed E-state index contributed by atoms with van der Waals surface area (Å²) in [6.45, 7) is 2.58. The van der Waals surface area contributed by atoms with Crippen molar-refractivity contribution in [2.45, 2.75) is 25.2 Å². The van der Waals surface area contributed by atoms with Crippen molar-refractivity contribution in [1.29, 1.82) is 0 Å². The molecule has 1 aliphatic rings. The Hall–Kier alpha value is -3.03. The lowest BCUT2D eigenvalue weighted by molar-refractivity contribution is -0.138. The topological polar surface area (TPSA) is 113 Å². The molecule has 2 aromatic carbocycles. The molecule has 2 aromatic rings. The van der Waals surface area contributed by atoms with Crippen molar-refractivity contribution in [2.75, 3.05) is 6.54 Å². The van der Waals surface area contributed by atoms with Gasteiger partial charge in [0, 0.05) is 6.54 Å². The van der Waals surface area contributed by atoms with Crippen molar-refractivity contribution in [3.63, 3.8) is 0 Å².